The summed E-state index contributed by atoms with van der Waals surface area (Å²) in [5.41, 5.74) is 0.979. The molecule has 1 aromatic rings. The van der Waals surface area contributed by atoms with E-state index in [0.717, 1.165) is 17.1 Å². The highest BCUT2D eigenvalue weighted by atomic mass is 32.2. The molecule has 76 valence electrons. The Morgan fingerprint density at radius 3 is 2.14 bits per heavy atom. The van der Waals surface area contributed by atoms with Crippen LogP contribution >= 0.6 is 11.8 Å². The van der Waals surface area contributed by atoms with Crippen LogP contribution in [0.5, 0.6) is 11.5 Å². The molecule has 0 aliphatic rings. The van der Waals surface area contributed by atoms with Crippen molar-refractivity contribution in [2.45, 2.75) is 0 Å². The Morgan fingerprint density at radius 1 is 1.14 bits per heavy atom. The van der Waals surface area contributed by atoms with Crippen LogP contribution in [0, 0.1) is 0 Å². The molecule has 0 fully saturated rings. The summed E-state index contributed by atoms with van der Waals surface area (Å²) in [5.74, 6) is 1.66. The van der Waals surface area contributed by atoms with Crippen molar-refractivity contribution in [3.05, 3.63) is 29.2 Å². The highest BCUT2D eigenvalue weighted by Gasteiger charge is 2.05. The van der Waals surface area contributed by atoms with E-state index in [1.807, 2.05) is 35.9 Å². The van der Waals surface area contributed by atoms with Crippen LogP contribution in [0.2, 0.25) is 0 Å². The average Bonchev–Trinajstić information content (AvgIpc) is 2.25. The Bertz CT molecular complexity index is 299. The average molecular weight is 210 g/mol. The van der Waals surface area contributed by atoms with Crippen molar-refractivity contribution in [1.82, 2.24) is 0 Å². The molecule has 0 atom stereocenters. The predicted octanol–water partition coefficient (Wildman–Crippen LogP) is 3.04. The van der Waals surface area contributed by atoms with E-state index in [-0.39, 0.29) is 0 Å². The molecule has 3 heteroatoms. The van der Waals surface area contributed by atoms with Gasteiger partial charge in [-0.3, -0.25) is 0 Å². The lowest BCUT2D eigenvalue weighted by Gasteiger charge is -2.09. The van der Waals surface area contributed by atoms with Crippen LogP contribution in [0.3, 0.4) is 0 Å². The predicted molar refractivity (Wildman–Crippen MR) is 62.1 cm³/mol. The van der Waals surface area contributed by atoms with Crippen LogP contribution in [-0.2, 0) is 0 Å². The van der Waals surface area contributed by atoms with Crippen molar-refractivity contribution in [3.8, 4) is 11.5 Å². The third-order valence-corrected chi connectivity index (χ3v) is 2.24. The Hall–Kier alpha value is -1.09. The first-order valence-electron chi connectivity index (χ1n) is 4.23. The van der Waals surface area contributed by atoms with Crippen LogP contribution < -0.4 is 9.47 Å². The maximum absolute atomic E-state index is 5.24. The molecule has 0 saturated carbocycles. The minimum Gasteiger partial charge on any atom is -0.496 e. The summed E-state index contributed by atoms with van der Waals surface area (Å²) in [6.45, 7) is 0. The lowest BCUT2D eigenvalue weighted by molar-refractivity contribution is 0.392. The Labute approximate surface area is 88.9 Å². The largest absolute Gasteiger partial charge is 0.496 e. The monoisotopic (exact) mass is 210 g/mol. The molecule has 1 rings (SSSR count). The van der Waals surface area contributed by atoms with Crippen LogP contribution in [0.25, 0.3) is 6.08 Å². The van der Waals surface area contributed by atoms with Gasteiger partial charge in [-0.1, -0.05) is 6.07 Å². The zero-order valence-corrected chi connectivity index (χ0v) is 9.43. The van der Waals surface area contributed by atoms with Crippen molar-refractivity contribution in [2.24, 2.45) is 0 Å². The van der Waals surface area contributed by atoms with Crippen molar-refractivity contribution in [2.75, 3.05) is 20.5 Å². The Kier molecular flexibility index (Phi) is 4.40. The highest BCUT2D eigenvalue weighted by molar-refractivity contribution is 8.01. The number of rotatable bonds is 4. The van der Waals surface area contributed by atoms with Gasteiger partial charge in [-0.05, 0) is 29.9 Å². The number of hydrogen-bond acceptors (Lipinski definition) is 3. The number of hydrogen-bond donors (Lipinski definition) is 0. The van der Waals surface area contributed by atoms with Crippen molar-refractivity contribution >= 4 is 17.8 Å². The minimum atomic E-state index is 0.828. The second-order valence-electron chi connectivity index (χ2n) is 2.61. The van der Waals surface area contributed by atoms with Gasteiger partial charge in [0, 0.05) is 0 Å². The molecule has 0 unspecified atom stereocenters. The standard InChI is InChI=1S/C11H14O2S/c1-12-10-5-4-6-11(13-2)9(10)7-8-14-3/h4-8H,1-3H3/b8-7+. The quantitative estimate of drug-likeness (QED) is 0.761. The van der Waals surface area contributed by atoms with Crippen molar-refractivity contribution < 1.29 is 9.47 Å². The van der Waals surface area contributed by atoms with Gasteiger partial charge >= 0.3 is 0 Å². The first-order valence-corrected chi connectivity index (χ1v) is 5.52. The number of benzene rings is 1. The Balaban J connectivity index is 3.12. The van der Waals surface area contributed by atoms with Gasteiger partial charge in [0.05, 0.1) is 19.8 Å². The second-order valence-corrected chi connectivity index (χ2v) is 3.36. The van der Waals surface area contributed by atoms with Crippen molar-refractivity contribution in [1.29, 1.82) is 0 Å². The normalized spacial score (nSPS) is 10.5. The SMILES string of the molecule is COc1cccc(OC)c1/C=C/SC. The fraction of sp³-hybridized carbons (Fsp3) is 0.273. The van der Waals surface area contributed by atoms with E-state index in [4.69, 9.17) is 9.47 Å². The minimum absolute atomic E-state index is 0.828. The van der Waals surface area contributed by atoms with E-state index in [1.165, 1.54) is 0 Å². The van der Waals surface area contributed by atoms with Crippen LogP contribution in [-0.4, -0.2) is 20.5 Å². The van der Waals surface area contributed by atoms with E-state index >= 15 is 0 Å². The van der Waals surface area contributed by atoms with Gasteiger partial charge < -0.3 is 9.47 Å². The third kappa shape index (κ3) is 2.45. The number of methoxy groups -OCH3 is 2. The maximum Gasteiger partial charge on any atom is 0.129 e. The van der Waals surface area contributed by atoms with E-state index < -0.39 is 0 Å². The zero-order valence-electron chi connectivity index (χ0n) is 8.61. The first kappa shape index (κ1) is 11.0. The molecule has 0 aromatic heterocycles. The van der Waals surface area contributed by atoms with Gasteiger partial charge in [-0.2, -0.15) is 0 Å². The number of thioether (sulfide) groups is 1. The molecule has 0 amide bonds. The molecule has 14 heavy (non-hydrogen) atoms. The molecule has 0 heterocycles. The van der Waals surface area contributed by atoms with E-state index in [9.17, 15) is 0 Å². The molecule has 0 N–H and O–H groups in total. The van der Waals surface area contributed by atoms with Gasteiger partial charge in [0.2, 0.25) is 0 Å². The van der Waals surface area contributed by atoms with Crippen molar-refractivity contribution in [3.63, 3.8) is 0 Å². The third-order valence-electron chi connectivity index (χ3n) is 1.84. The fourth-order valence-electron chi connectivity index (χ4n) is 1.18. The first-order chi connectivity index (χ1) is 6.83. The molecule has 0 aliphatic heterocycles. The molecule has 0 bridgehead atoms. The zero-order chi connectivity index (χ0) is 10.4. The lowest BCUT2D eigenvalue weighted by Crippen LogP contribution is -1.91. The summed E-state index contributed by atoms with van der Waals surface area (Å²) < 4.78 is 10.5. The lowest BCUT2D eigenvalue weighted by atomic mass is 10.2. The number of ether oxygens (including phenoxy) is 2. The highest BCUT2D eigenvalue weighted by Crippen LogP contribution is 2.29. The van der Waals surface area contributed by atoms with Gasteiger partial charge in [0.15, 0.2) is 0 Å². The van der Waals surface area contributed by atoms with Gasteiger partial charge in [-0.15, -0.1) is 11.8 Å². The van der Waals surface area contributed by atoms with E-state index in [0.29, 0.717) is 0 Å². The van der Waals surface area contributed by atoms with Crippen LogP contribution in [0.1, 0.15) is 5.56 Å². The van der Waals surface area contributed by atoms with Gasteiger partial charge in [-0.25, -0.2) is 0 Å². The summed E-state index contributed by atoms with van der Waals surface area (Å²) in [4.78, 5) is 0. The van der Waals surface area contributed by atoms with Gasteiger partial charge in [0.25, 0.3) is 0 Å². The second kappa shape index (κ2) is 5.60. The summed E-state index contributed by atoms with van der Waals surface area (Å²) >= 11 is 1.64. The molecule has 0 aliphatic carbocycles. The smallest absolute Gasteiger partial charge is 0.129 e. The van der Waals surface area contributed by atoms with Crippen LogP contribution in [0.4, 0.5) is 0 Å². The maximum atomic E-state index is 5.24. The summed E-state index contributed by atoms with van der Waals surface area (Å²) in [6.07, 6.45) is 4.00. The van der Waals surface area contributed by atoms with E-state index in [2.05, 4.69) is 0 Å². The molecule has 0 spiro atoms. The topological polar surface area (TPSA) is 18.5 Å². The van der Waals surface area contributed by atoms with Gasteiger partial charge in [0.1, 0.15) is 11.5 Å². The summed E-state index contributed by atoms with van der Waals surface area (Å²) in [7, 11) is 3.32. The molecule has 0 radical (unpaired) electrons. The molecular weight excluding hydrogens is 196 g/mol. The summed E-state index contributed by atoms with van der Waals surface area (Å²) in [5, 5.41) is 2.00. The molecular formula is C11H14O2S. The van der Waals surface area contributed by atoms with E-state index in [1.54, 1.807) is 26.0 Å². The Morgan fingerprint density at radius 2 is 1.71 bits per heavy atom. The fourth-order valence-corrected chi connectivity index (χ4v) is 1.45. The molecule has 2 nitrogen and oxygen atoms in total. The summed E-state index contributed by atoms with van der Waals surface area (Å²) in [6, 6.07) is 5.75. The molecule has 1 aromatic carbocycles. The van der Waals surface area contributed by atoms with Crippen LogP contribution in [0.15, 0.2) is 23.6 Å². The molecule has 0 saturated heterocycles.